The molecule has 0 spiro atoms. The molecule has 0 heterocycles. The van der Waals surface area contributed by atoms with Crippen LogP contribution in [0, 0.1) is 0 Å². The van der Waals surface area contributed by atoms with Crippen LogP contribution in [0.3, 0.4) is 0 Å². The minimum Gasteiger partial charge on any atom is -0.480 e. The predicted molar refractivity (Wildman–Crippen MR) is 75.8 cm³/mol. The van der Waals surface area contributed by atoms with Crippen LogP contribution in [0.5, 0.6) is 0 Å². The molecule has 0 unspecified atom stereocenters. The molecule has 0 saturated carbocycles. The summed E-state index contributed by atoms with van der Waals surface area (Å²) in [5.41, 5.74) is 0.770. The minimum absolute atomic E-state index is 0.125. The van der Waals surface area contributed by atoms with Crippen LogP contribution >= 0.6 is 0 Å². The lowest BCUT2D eigenvalue weighted by molar-refractivity contribution is -0.153. The second-order valence-electron chi connectivity index (χ2n) is 4.90. The number of carboxylic acids is 1. The summed E-state index contributed by atoms with van der Waals surface area (Å²) in [6, 6.07) is 7.26. The van der Waals surface area contributed by atoms with Crippen molar-refractivity contribution >= 4 is 5.97 Å². The average molecular weight is 315 g/mol. The molecule has 0 aliphatic carbocycles. The van der Waals surface area contributed by atoms with Crippen molar-refractivity contribution < 1.29 is 35.4 Å². The molecule has 0 aliphatic heterocycles. The molecule has 0 aromatic heterocycles. The Morgan fingerprint density at radius 2 is 1.59 bits per heavy atom. The maximum atomic E-state index is 11.2. The van der Waals surface area contributed by atoms with E-state index in [9.17, 15) is 25.2 Å². The Bertz CT molecular complexity index is 456. The molecule has 1 aromatic carbocycles. The van der Waals surface area contributed by atoms with Gasteiger partial charge >= 0.3 is 5.97 Å². The van der Waals surface area contributed by atoms with E-state index in [-0.39, 0.29) is 6.54 Å². The lowest BCUT2D eigenvalue weighted by Crippen LogP contribution is -2.56. The van der Waals surface area contributed by atoms with E-state index in [0.29, 0.717) is 0 Å². The molecule has 0 amide bonds. The van der Waals surface area contributed by atoms with Crippen molar-refractivity contribution in [3.8, 4) is 0 Å². The Labute approximate surface area is 127 Å². The highest BCUT2D eigenvalue weighted by molar-refractivity contribution is 5.74. The second kappa shape index (κ2) is 8.79. The Balaban J connectivity index is 2.71. The van der Waals surface area contributed by atoms with Crippen LogP contribution in [-0.4, -0.2) is 73.7 Å². The first-order valence-electron chi connectivity index (χ1n) is 6.71. The fraction of sp³-hybridized carbons (Fsp3) is 0.500. The average Bonchev–Trinajstić information content (AvgIpc) is 2.53. The first kappa shape index (κ1) is 18.5. The van der Waals surface area contributed by atoms with Gasteiger partial charge in [-0.25, -0.2) is 0 Å². The van der Waals surface area contributed by atoms with Gasteiger partial charge in [-0.05, 0) is 5.56 Å². The third kappa shape index (κ3) is 5.02. The van der Waals surface area contributed by atoms with Crippen molar-refractivity contribution in [3.05, 3.63) is 35.9 Å². The van der Waals surface area contributed by atoms with E-state index in [4.69, 9.17) is 10.2 Å². The van der Waals surface area contributed by atoms with Gasteiger partial charge in [-0.3, -0.25) is 10.1 Å². The molecular weight excluding hydrogens is 294 g/mol. The maximum absolute atomic E-state index is 11.2. The van der Waals surface area contributed by atoms with E-state index in [2.05, 4.69) is 5.32 Å². The number of hydrogen-bond donors (Lipinski definition) is 7. The van der Waals surface area contributed by atoms with Gasteiger partial charge < -0.3 is 30.6 Å². The van der Waals surface area contributed by atoms with Crippen molar-refractivity contribution in [2.24, 2.45) is 0 Å². The predicted octanol–water partition coefficient (Wildman–Crippen LogP) is -2.33. The van der Waals surface area contributed by atoms with Gasteiger partial charge in [0.05, 0.1) is 6.61 Å². The summed E-state index contributed by atoms with van der Waals surface area (Å²) in [6.07, 6.45) is -7.38. The molecule has 8 heteroatoms. The summed E-state index contributed by atoms with van der Waals surface area (Å²) in [4.78, 5) is 11.2. The van der Waals surface area contributed by atoms with Gasteiger partial charge in [-0.2, -0.15) is 0 Å². The standard InChI is InChI=1S/C14H21NO7/c16-7-9(17)11(18)13(20)12(19)10(14(21)22)15-6-8-4-2-1-3-5-8/h1-5,9-13,15-20H,6-7H2,(H,21,22)/t9-,10+,11+,12+,13+/m1/s1. The Kier molecular flexibility index (Phi) is 7.39. The number of carbonyl (C=O) groups is 1. The molecule has 22 heavy (non-hydrogen) atoms. The molecule has 5 atom stereocenters. The number of rotatable bonds is 9. The topological polar surface area (TPSA) is 150 Å². The minimum atomic E-state index is -1.94. The Morgan fingerprint density at radius 1 is 1.00 bits per heavy atom. The van der Waals surface area contributed by atoms with E-state index < -0.39 is 43.0 Å². The van der Waals surface area contributed by atoms with Crippen LogP contribution in [-0.2, 0) is 11.3 Å². The monoisotopic (exact) mass is 315 g/mol. The first-order chi connectivity index (χ1) is 10.4. The fourth-order valence-corrected chi connectivity index (χ4v) is 1.91. The van der Waals surface area contributed by atoms with Gasteiger partial charge in [0.2, 0.25) is 0 Å². The molecule has 1 aromatic rings. The summed E-state index contributed by atoms with van der Waals surface area (Å²) in [6.45, 7) is -0.708. The molecule has 0 bridgehead atoms. The van der Waals surface area contributed by atoms with E-state index in [1.165, 1.54) is 0 Å². The van der Waals surface area contributed by atoms with Gasteiger partial charge in [0, 0.05) is 6.54 Å². The summed E-state index contributed by atoms with van der Waals surface area (Å²) < 4.78 is 0. The molecule has 0 aliphatic rings. The zero-order valence-electron chi connectivity index (χ0n) is 11.8. The Morgan fingerprint density at radius 3 is 2.09 bits per heavy atom. The van der Waals surface area contributed by atoms with Crippen molar-refractivity contribution in [2.75, 3.05) is 6.61 Å². The third-order valence-electron chi connectivity index (χ3n) is 3.26. The van der Waals surface area contributed by atoms with Gasteiger partial charge in [0.1, 0.15) is 30.5 Å². The van der Waals surface area contributed by atoms with Gasteiger partial charge in [0.15, 0.2) is 0 Å². The number of carboxylic acid groups (broad SMARTS) is 1. The van der Waals surface area contributed by atoms with E-state index in [1.54, 1.807) is 30.3 Å². The largest absolute Gasteiger partial charge is 0.480 e. The molecule has 0 radical (unpaired) electrons. The number of aliphatic carboxylic acids is 1. The summed E-state index contributed by atoms with van der Waals surface area (Å²) in [5, 5.41) is 58.8. The highest BCUT2D eigenvalue weighted by atomic mass is 16.4. The number of hydrogen-bond acceptors (Lipinski definition) is 7. The van der Waals surface area contributed by atoms with Crippen LogP contribution in [0.15, 0.2) is 30.3 Å². The van der Waals surface area contributed by atoms with Crippen molar-refractivity contribution in [2.45, 2.75) is 37.0 Å². The number of benzene rings is 1. The van der Waals surface area contributed by atoms with Crippen LogP contribution < -0.4 is 5.32 Å². The molecule has 0 saturated heterocycles. The van der Waals surface area contributed by atoms with Crippen molar-refractivity contribution in [1.29, 1.82) is 0 Å². The zero-order valence-corrected chi connectivity index (χ0v) is 11.8. The number of nitrogens with one attached hydrogen (secondary N) is 1. The molecule has 1 rings (SSSR count). The van der Waals surface area contributed by atoms with Crippen LogP contribution in [0.1, 0.15) is 5.56 Å². The van der Waals surface area contributed by atoms with E-state index in [0.717, 1.165) is 5.56 Å². The van der Waals surface area contributed by atoms with E-state index >= 15 is 0 Å². The van der Waals surface area contributed by atoms with Crippen molar-refractivity contribution in [1.82, 2.24) is 5.32 Å². The van der Waals surface area contributed by atoms with Crippen LogP contribution in [0.4, 0.5) is 0 Å². The quantitative estimate of drug-likeness (QED) is 0.268. The molecular formula is C14H21NO7. The summed E-state index contributed by atoms with van der Waals surface area (Å²) >= 11 is 0. The van der Waals surface area contributed by atoms with Crippen LogP contribution in [0.2, 0.25) is 0 Å². The molecule has 124 valence electrons. The van der Waals surface area contributed by atoms with Gasteiger partial charge in [-0.1, -0.05) is 30.3 Å². The van der Waals surface area contributed by atoms with Gasteiger partial charge in [-0.15, -0.1) is 0 Å². The third-order valence-corrected chi connectivity index (χ3v) is 3.26. The lowest BCUT2D eigenvalue weighted by atomic mass is 9.97. The first-order valence-corrected chi connectivity index (χ1v) is 6.71. The normalized spacial score (nSPS) is 18.2. The maximum Gasteiger partial charge on any atom is 0.323 e. The Hall–Kier alpha value is -1.55. The van der Waals surface area contributed by atoms with Gasteiger partial charge in [0.25, 0.3) is 0 Å². The summed E-state index contributed by atoms with van der Waals surface area (Å²) in [5.74, 6) is -1.42. The zero-order chi connectivity index (χ0) is 16.7. The summed E-state index contributed by atoms with van der Waals surface area (Å²) in [7, 11) is 0. The highest BCUT2D eigenvalue weighted by Crippen LogP contribution is 2.10. The lowest BCUT2D eigenvalue weighted by Gasteiger charge is -2.29. The highest BCUT2D eigenvalue weighted by Gasteiger charge is 2.37. The molecule has 8 nitrogen and oxygen atoms in total. The number of aliphatic hydroxyl groups excluding tert-OH is 5. The molecule has 7 N–H and O–H groups in total. The number of aliphatic hydroxyl groups is 5. The fourth-order valence-electron chi connectivity index (χ4n) is 1.91. The van der Waals surface area contributed by atoms with E-state index in [1.807, 2.05) is 0 Å². The molecule has 0 fully saturated rings. The second-order valence-corrected chi connectivity index (χ2v) is 4.90. The SMILES string of the molecule is O=C(O)[C@@H](NCc1ccccc1)[C@H](O)[C@@H](O)[C@@H](O)[C@H](O)CO. The van der Waals surface area contributed by atoms with Crippen LogP contribution in [0.25, 0.3) is 0 Å². The van der Waals surface area contributed by atoms with Crippen molar-refractivity contribution in [3.63, 3.8) is 0 Å². The smallest absolute Gasteiger partial charge is 0.323 e.